The summed E-state index contributed by atoms with van der Waals surface area (Å²) in [5.41, 5.74) is 0. The van der Waals surface area contributed by atoms with Gasteiger partial charge in [0.05, 0.1) is 25.4 Å². The Hall–Kier alpha value is -1.15. The first-order chi connectivity index (χ1) is 29.2. The third kappa shape index (κ3) is 28.5. The fourth-order valence-corrected chi connectivity index (χ4v) is 8.15. The smallest absolute Gasteiger partial charge is 0.249 e. The van der Waals surface area contributed by atoms with E-state index in [1.165, 1.54) is 148 Å². The van der Waals surface area contributed by atoms with E-state index in [1.54, 1.807) is 0 Å². The van der Waals surface area contributed by atoms with Crippen LogP contribution in [0.25, 0.3) is 0 Å². The molecule has 1 saturated heterocycles. The second-order valence-electron chi connectivity index (χ2n) is 17.9. The third-order valence-corrected chi connectivity index (χ3v) is 12.3. The number of rotatable bonds is 42. The summed E-state index contributed by atoms with van der Waals surface area (Å²) in [6, 6.07) is -1.18. The quantitative estimate of drug-likeness (QED) is 0.0218. The maximum atomic E-state index is 13.1. The minimum absolute atomic E-state index is 0.259. The Morgan fingerprint density at radius 2 is 0.983 bits per heavy atom. The van der Waals surface area contributed by atoms with Crippen LogP contribution in [0.5, 0.6) is 0 Å². The maximum absolute atomic E-state index is 13.1. The molecular formula is C49H95NO10. The molecule has 11 nitrogen and oxygen atoms in total. The number of aliphatic hydroxyl groups is 7. The highest BCUT2D eigenvalue weighted by Crippen LogP contribution is 2.23. The minimum Gasteiger partial charge on any atom is -0.394 e. The number of carbonyl (C=O) groups is 1. The molecule has 11 heteroatoms. The van der Waals surface area contributed by atoms with Gasteiger partial charge >= 0.3 is 0 Å². The van der Waals surface area contributed by atoms with E-state index in [4.69, 9.17) is 9.47 Å². The first-order valence-corrected chi connectivity index (χ1v) is 25.1. The summed E-state index contributed by atoms with van der Waals surface area (Å²) in [5.74, 6) is -0.704. The highest BCUT2D eigenvalue weighted by atomic mass is 16.7. The summed E-state index contributed by atoms with van der Waals surface area (Å²) in [7, 11) is 0. The summed E-state index contributed by atoms with van der Waals surface area (Å²) in [5, 5.41) is 75.7. The van der Waals surface area contributed by atoms with Crippen molar-refractivity contribution in [2.45, 2.75) is 281 Å². The van der Waals surface area contributed by atoms with E-state index >= 15 is 0 Å². The van der Waals surface area contributed by atoms with Crippen LogP contribution in [0.15, 0.2) is 12.2 Å². The Morgan fingerprint density at radius 1 is 0.567 bits per heavy atom. The van der Waals surface area contributed by atoms with Gasteiger partial charge in [-0.3, -0.25) is 4.79 Å². The van der Waals surface area contributed by atoms with Gasteiger partial charge in [0.1, 0.15) is 36.6 Å². The van der Waals surface area contributed by atoms with Crippen LogP contribution in [-0.4, -0.2) is 110 Å². The van der Waals surface area contributed by atoms with E-state index in [2.05, 4.69) is 31.3 Å². The average molecular weight is 858 g/mol. The third-order valence-electron chi connectivity index (χ3n) is 12.3. The van der Waals surface area contributed by atoms with Crippen LogP contribution in [-0.2, 0) is 14.3 Å². The van der Waals surface area contributed by atoms with Gasteiger partial charge in [0.15, 0.2) is 6.29 Å². The molecule has 1 aliphatic heterocycles. The van der Waals surface area contributed by atoms with Crippen molar-refractivity contribution in [2.75, 3.05) is 13.2 Å². The molecule has 60 heavy (non-hydrogen) atoms. The molecule has 1 rings (SSSR count). The Labute approximate surface area is 366 Å². The van der Waals surface area contributed by atoms with Crippen LogP contribution in [0.2, 0.25) is 0 Å². The number of nitrogens with one attached hydrogen (secondary N) is 1. The largest absolute Gasteiger partial charge is 0.394 e. The Kier molecular flexibility index (Phi) is 37.4. The molecule has 8 N–H and O–H groups in total. The number of hydrogen-bond donors (Lipinski definition) is 8. The first kappa shape index (κ1) is 56.9. The van der Waals surface area contributed by atoms with Gasteiger partial charge in [-0.1, -0.05) is 199 Å². The summed E-state index contributed by atoms with van der Waals surface area (Å²) < 4.78 is 11.1. The van der Waals surface area contributed by atoms with Crippen LogP contribution in [0.3, 0.4) is 0 Å². The summed E-state index contributed by atoms with van der Waals surface area (Å²) in [4.78, 5) is 13.1. The number of allylic oxidation sites excluding steroid dienone is 2. The second kappa shape index (κ2) is 39.4. The molecule has 0 spiro atoms. The average Bonchev–Trinajstić information content (AvgIpc) is 3.25. The van der Waals surface area contributed by atoms with Gasteiger partial charge in [-0.05, 0) is 38.5 Å². The molecule has 1 aliphatic rings. The van der Waals surface area contributed by atoms with E-state index in [0.29, 0.717) is 12.8 Å². The van der Waals surface area contributed by atoms with Crippen molar-refractivity contribution < 1.29 is 50.0 Å². The molecular weight excluding hydrogens is 763 g/mol. The molecule has 1 amide bonds. The highest BCUT2D eigenvalue weighted by Gasteiger charge is 2.44. The fourth-order valence-electron chi connectivity index (χ4n) is 8.15. The number of amides is 1. The molecule has 0 aromatic heterocycles. The number of aliphatic hydroxyl groups excluding tert-OH is 7. The molecule has 0 aromatic carbocycles. The number of unbranched alkanes of at least 4 members (excludes halogenated alkanes) is 28. The van der Waals surface area contributed by atoms with Crippen LogP contribution in [0.1, 0.15) is 226 Å². The van der Waals surface area contributed by atoms with Crippen molar-refractivity contribution in [1.29, 1.82) is 0 Å². The molecule has 0 bridgehead atoms. The zero-order valence-corrected chi connectivity index (χ0v) is 38.5. The summed E-state index contributed by atoms with van der Waals surface area (Å²) in [6.45, 7) is 3.43. The highest BCUT2D eigenvalue weighted by molar-refractivity contribution is 5.80. The Morgan fingerprint density at radius 3 is 1.43 bits per heavy atom. The SMILES string of the molecule is CCCCCCCCC/C=C/CCCC(O)C(O)C(COC1OC(CO)C(O)C(O)C1O)NC(=O)C(O)CCCCCCCCCCCCCCCCCCCCCCC. The Bertz CT molecular complexity index is 986. The maximum Gasteiger partial charge on any atom is 0.249 e. The van der Waals surface area contributed by atoms with Gasteiger partial charge in [0, 0.05) is 0 Å². The van der Waals surface area contributed by atoms with Crippen molar-refractivity contribution in [3.05, 3.63) is 12.2 Å². The Balaban J connectivity index is 2.37. The lowest BCUT2D eigenvalue weighted by Gasteiger charge is -2.40. The molecule has 356 valence electrons. The number of ether oxygens (including phenoxy) is 2. The van der Waals surface area contributed by atoms with E-state index in [1.807, 2.05) is 0 Å². The van der Waals surface area contributed by atoms with Gasteiger partial charge in [0.2, 0.25) is 5.91 Å². The van der Waals surface area contributed by atoms with Crippen LogP contribution in [0.4, 0.5) is 0 Å². The van der Waals surface area contributed by atoms with Gasteiger partial charge in [-0.2, -0.15) is 0 Å². The van der Waals surface area contributed by atoms with Gasteiger partial charge in [-0.15, -0.1) is 0 Å². The molecule has 0 radical (unpaired) electrons. The van der Waals surface area contributed by atoms with E-state index < -0.39 is 74.2 Å². The second-order valence-corrected chi connectivity index (χ2v) is 17.9. The van der Waals surface area contributed by atoms with Crippen LogP contribution in [0, 0.1) is 0 Å². The van der Waals surface area contributed by atoms with Crippen molar-refractivity contribution in [1.82, 2.24) is 5.32 Å². The van der Waals surface area contributed by atoms with Crippen LogP contribution >= 0.6 is 0 Å². The van der Waals surface area contributed by atoms with Crippen molar-refractivity contribution in [2.24, 2.45) is 0 Å². The fraction of sp³-hybridized carbons (Fsp3) is 0.939. The zero-order valence-electron chi connectivity index (χ0n) is 38.5. The van der Waals surface area contributed by atoms with Gasteiger partial charge in [-0.25, -0.2) is 0 Å². The molecule has 0 aromatic rings. The standard InChI is InChI=1S/C49H95NO10/c1-3-5-7-9-11-13-15-17-18-19-20-21-22-23-24-25-27-29-31-33-35-37-42(53)48(58)50-40(39-59-49-47(57)46(56)45(55)43(38-51)60-49)44(54)41(52)36-34-32-30-28-26-16-14-12-10-8-6-4-2/h28,30,40-47,49,51-57H,3-27,29,31-39H2,1-2H3,(H,50,58)/b30-28+. The zero-order chi connectivity index (χ0) is 44.1. The topological polar surface area (TPSA) is 189 Å². The lowest BCUT2D eigenvalue weighted by molar-refractivity contribution is -0.303. The minimum atomic E-state index is -1.66. The monoisotopic (exact) mass is 858 g/mol. The molecule has 1 fully saturated rings. The molecule has 9 atom stereocenters. The molecule has 1 heterocycles. The molecule has 9 unspecified atom stereocenters. The van der Waals surface area contributed by atoms with Gasteiger partial charge in [0.25, 0.3) is 0 Å². The lowest BCUT2D eigenvalue weighted by Crippen LogP contribution is -2.60. The molecule has 0 aliphatic carbocycles. The predicted octanol–water partition coefficient (Wildman–Crippen LogP) is 8.84. The predicted molar refractivity (Wildman–Crippen MR) is 243 cm³/mol. The van der Waals surface area contributed by atoms with E-state index in [9.17, 15) is 40.5 Å². The van der Waals surface area contributed by atoms with Crippen molar-refractivity contribution >= 4 is 5.91 Å². The van der Waals surface area contributed by atoms with E-state index in [-0.39, 0.29) is 12.8 Å². The van der Waals surface area contributed by atoms with Crippen molar-refractivity contribution in [3.63, 3.8) is 0 Å². The molecule has 0 saturated carbocycles. The first-order valence-electron chi connectivity index (χ1n) is 25.1. The normalized spacial score (nSPS) is 21.6. The van der Waals surface area contributed by atoms with Crippen molar-refractivity contribution in [3.8, 4) is 0 Å². The van der Waals surface area contributed by atoms with E-state index in [0.717, 1.165) is 38.5 Å². The number of hydrogen-bond acceptors (Lipinski definition) is 10. The van der Waals surface area contributed by atoms with Crippen LogP contribution < -0.4 is 5.32 Å². The number of carbonyl (C=O) groups excluding carboxylic acids is 1. The summed E-state index contributed by atoms with van der Waals surface area (Å²) >= 11 is 0. The van der Waals surface area contributed by atoms with Gasteiger partial charge < -0.3 is 50.5 Å². The lowest BCUT2D eigenvalue weighted by atomic mass is 9.98. The summed E-state index contributed by atoms with van der Waals surface area (Å²) in [6.07, 6.45) is 31.3.